The van der Waals surface area contributed by atoms with Gasteiger partial charge in [0.2, 0.25) is 6.19 Å². The fourth-order valence-electron chi connectivity index (χ4n) is 3.73. The molecule has 0 N–H and O–H groups in total. The van der Waals surface area contributed by atoms with E-state index in [9.17, 15) is 10.1 Å². The zero-order valence-corrected chi connectivity index (χ0v) is 15.0. The van der Waals surface area contributed by atoms with E-state index < -0.39 is 0 Å². The third-order valence-electron chi connectivity index (χ3n) is 5.09. The second-order valence-electron chi connectivity index (χ2n) is 7.18. The zero-order chi connectivity index (χ0) is 18.7. The molecule has 27 heavy (non-hydrogen) atoms. The van der Waals surface area contributed by atoms with Crippen molar-refractivity contribution in [3.63, 3.8) is 0 Å². The van der Waals surface area contributed by atoms with Gasteiger partial charge in [-0.3, -0.25) is 9.20 Å². The van der Waals surface area contributed by atoms with E-state index in [0.717, 1.165) is 29.6 Å². The number of imidazole rings is 1. The van der Waals surface area contributed by atoms with E-state index in [-0.39, 0.29) is 17.5 Å². The molecule has 1 aliphatic carbocycles. The Morgan fingerprint density at radius 1 is 1.22 bits per heavy atom. The Hall–Kier alpha value is -3.47. The van der Waals surface area contributed by atoms with Gasteiger partial charge < -0.3 is 4.57 Å². The van der Waals surface area contributed by atoms with Crippen molar-refractivity contribution in [2.45, 2.75) is 38.6 Å². The molecule has 1 fully saturated rings. The summed E-state index contributed by atoms with van der Waals surface area (Å²) < 4.78 is 4.74. The predicted octanol–water partition coefficient (Wildman–Crippen LogP) is 2.70. The van der Waals surface area contributed by atoms with Crippen LogP contribution < -0.4 is 5.56 Å². The maximum atomic E-state index is 13.4. The maximum Gasteiger partial charge on any atom is 0.277 e. The Morgan fingerprint density at radius 2 is 1.96 bits per heavy atom. The van der Waals surface area contributed by atoms with E-state index in [2.05, 4.69) is 15.3 Å². The van der Waals surface area contributed by atoms with Crippen LogP contribution in [0.25, 0.3) is 27.9 Å². The van der Waals surface area contributed by atoms with Crippen LogP contribution in [0.3, 0.4) is 0 Å². The molecule has 0 atom stereocenters. The Balaban J connectivity index is 1.94. The molecule has 3 aromatic heterocycles. The number of hydrogen-bond donors (Lipinski definition) is 0. The average molecular weight is 359 g/mol. The molecule has 8 nitrogen and oxygen atoms in total. The lowest BCUT2D eigenvalue weighted by molar-refractivity contribution is 0.601. The standard InChI is InChI=1S/C19H17N7O/c1-11(2)26-14-6-4-3-5-13(14)24-10-21-16(18(24)19(26)27)17-15(12-7-8-12)22-23-25(17)9-20/h3-6,10-12H,7-8H2,1-2H3. The molecular formula is C19H17N7O. The van der Waals surface area contributed by atoms with E-state index in [1.54, 1.807) is 15.3 Å². The number of nitrogens with zero attached hydrogens (tertiary/aromatic N) is 7. The summed E-state index contributed by atoms with van der Waals surface area (Å²) in [5.41, 5.74) is 3.80. The van der Waals surface area contributed by atoms with Crippen LogP contribution in [-0.2, 0) is 0 Å². The first-order valence-corrected chi connectivity index (χ1v) is 8.98. The number of benzene rings is 1. The summed E-state index contributed by atoms with van der Waals surface area (Å²) >= 11 is 0. The second kappa shape index (κ2) is 5.51. The zero-order valence-electron chi connectivity index (χ0n) is 15.0. The molecule has 0 unspecified atom stereocenters. The van der Waals surface area contributed by atoms with Gasteiger partial charge in [-0.25, -0.2) is 4.98 Å². The van der Waals surface area contributed by atoms with Crippen LogP contribution >= 0.6 is 0 Å². The van der Waals surface area contributed by atoms with Crippen molar-refractivity contribution in [3.05, 3.63) is 46.6 Å². The van der Waals surface area contributed by atoms with Gasteiger partial charge in [0.15, 0.2) is 0 Å². The minimum Gasteiger partial charge on any atom is -0.302 e. The second-order valence-corrected chi connectivity index (χ2v) is 7.18. The summed E-state index contributed by atoms with van der Waals surface area (Å²) in [5.74, 6) is 0.284. The van der Waals surface area contributed by atoms with Crippen molar-refractivity contribution in [3.8, 4) is 17.6 Å². The molecule has 5 rings (SSSR count). The van der Waals surface area contributed by atoms with Gasteiger partial charge in [-0.15, -0.1) is 9.78 Å². The topological polar surface area (TPSA) is 93.8 Å². The normalized spacial score (nSPS) is 14.3. The number of fused-ring (bicyclic) bond motifs is 3. The lowest BCUT2D eigenvalue weighted by atomic mass is 10.1. The summed E-state index contributed by atoms with van der Waals surface area (Å²) in [6.45, 7) is 3.97. The highest BCUT2D eigenvalue weighted by atomic mass is 16.1. The summed E-state index contributed by atoms with van der Waals surface area (Å²) in [6, 6.07) is 7.75. The van der Waals surface area contributed by atoms with E-state index in [1.807, 2.05) is 44.3 Å². The fourth-order valence-corrected chi connectivity index (χ4v) is 3.73. The molecule has 0 spiro atoms. The molecule has 0 radical (unpaired) electrons. The van der Waals surface area contributed by atoms with Gasteiger partial charge in [-0.1, -0.05) is 17.3 Å². The molecule has 0 bridgehead atoms. The highest BCUT2D eigenvalue weighted by Gasteiger charge is 2.33. The highest BCUT2D eigenvalue weighted by molar-refractivity contribution is 5.85. The quantitative estimate of drug-likeness (QED) is 0.560. The van der Waals surface area contributed by atoms with Crippen LogP contribution in [-0.4, -0.2) is 28.9 Å². The molecular weight excluding hydrogens is 342 g/mol. The fraction of sp³-hybridized carbons (Fsp3) is 0.316. The number of rotatable bonds is 3. The van der Waals surface area contributed by atoms with E-state index in [1.165, 1.54) is 4.68 Å². The summed E-state index contributed by atoms with van der Waals surface area (Å²) in [6.07, 6.45) is 5.71. The number of hydrogen-bond acceptors (Lipinski definition) is 5. The van der Waals surface area contributed by atoms with Gasteiger partial charge in [0.1, 0.15) is 23.2 Å². The Morgan fingerprint density at radius 3 is 2.63 bits per heavy atom. The van der Waals surface area contributed by atoms with Gasteiger partial charge >= 0.3 is 0 Å². The van der Waals surface area contributed by atoms with Crippen LogP contribution in [0.2, 0.25) is 0 Å². The van der Waals surface area contributed by atoms with Crippen molar-refractivity contribution < 1.29 is 0 Å². The van der Waals surface area contributed by atoms with Gasteiger partial charge in [0, 0.05) is 12.0 Å². The number of nitriles is 1. The average Bonchev–Trinajstić information content (AvgIpc) is 3.26. The van der Waals surface area contributed by atoms with Crippen LogP contribution in [0, 0.1) is 11.5 Å². The molecule has 1 aromatic carbocycles. The minimum absolute atomic E-state index is 0.0166. The Kier molecular flexibility index (Phi) is 3.22. The van der Waals surface area contributed by atoms with Gasteiger partial charge in [0.25, 0.3) is 5.56 Å². The minimum atomic E-state index is -0.136. The first kappa shape index (κ1) is 15.8. The SMILES string of the molecule is CC(C)n1c(=O)c2c(-c3c(C4CC4)nnn3C#N)ncn2c2ccccc21. The van der Waals surface area contributed by atoms with Crippen LogP contribution in [0.4, 0.5) is 0 Å². The molecule has 3 heterocycles. The molecule has 0 amide bonds. The number of para-hydroxylation sites is 2. The highest BCUT2D eigenvalue weighted by Crippen LogP contribution is 2.43. The molecule has 4 aromatic rings. The van der Waals surface area contributed by atoms with E-state index >= 15 is 0 Å². The van der Waals surface area contributed by atoms with Crippen LogP contribution in [0.15, 0.2) is 35.4 Å². The molecule has 0 saturated heterocycles. The smallest absolute Gasteiger partial charge is 0.277 e. The molecule has 1 aliphatic rings. The van der Waals surface area contributed by atoms with E-state index in [4.69, 9.17) is 0 Å². The third kappa shape index (κ3) is 2.15. The largest absolute Gasteiger partial charge is 0.302 e. The summed E-state index contributed by atoms with van der Waals surface area (Å²) in [7, 11) is 0. The van der Waals surface area contributed by atoms with Crippen LogP contribution in [0.5, 0.6) is 0 Å². The van der Waals surface area contributed by atoms with E-state index in [0.29, 0.717) is 16.9 Å². The lowest BCUT2D eigenvalue weighted by Gasteiger charge is -2.15. The van der Waals surface area contributed by atoms with Crippen LogP contribution in [0.1, 0.15) is 44.3 Å². The van der Waals surface area contributed by atoms with Gasteiger partial charge in [-0.2, -0.15) is 5.26 Å². The third-order valence-corrected chi connectivity index (χ3v) is 5.09. The summed E-state index contributed by atoms with van der Waals surface area (Å²) in [5, 5.41) is 17.6. The van der Waals surface area contributed by atoms with Crippen molar-refractivity contribution in [1.82, 2.24) is 28.9 Å². The maximum absolute atomic E-state index is 13.4. The summed E-state index contributed by atoms with van der Waals surface area (Å²) in [4.78, 5) is 18.0. The predicted molar refractivity (Wildman–Crippen MR) is 99.3 cm³/mol. The molecule has 1 saturated carbocycles. The van der Waals surface area contributed by atoms with Crippen molar-refractivity contribution >= 4 is 16.6 Å². The Bertz CT molecular complexity index is 1300. The molecule has 0 aliphatic heterocycles. The van der Waals surface area contributed by atoms with Crippen molar-refractivity contribution in [2.24, 2.45) is 0 Å². The first-order chi connectivity index (χ1) is 13.1. The molecule has 134 valence electrons. The lowest BCUT2D eigenvalue weighted by Crippen LogP contribution is -2.24. The monoisotopic (exact) mass is 359 g/mol. The molecule has 8 heteroatoms. The van der Waals surface area contributed by atoms with Gasteiger partial charge in [0.05, 0.1) is 16.7 Å². The number of aromatic nitrogens is 6. The van der Waals surface area contributed by atoms with Crippen molar-refractivity contribution in [2.75, 3.05) is 0 Å². The van der Waals surface area contributed by atoms with Crippen molar-refractivity contribution in [1.29, 1.82) is 5.26 Å². The van der Waals surface area contributed by atoms with Gasteiger partial charge in [-0.05, 0) is 38.8 Å². The Labute approximate surface area is 154 Å². The first-order valence-electron chi connectivity index (χ1n) is 8.98.